The van der Waals surface area contributed by atoms with Crippen molar-refractivity contribution in [3.05, 3.63) is 71.8 Å². The average molecular weight is 312 g/mol. The van der Waals surface area contributed by atoms with Gasteiger partial charge in [-0.1, -0.05) is 60.7 Å². The number of ether oxygens (including phenoxy) is 1. The third-order valence-electron chi connectivity index (χ3n) is 3.65. The summed E-state index contributed by atoms with van der Waals surface area (Å²) in [4.78, 5) is 0. The zero-order chi connectivity index (χ0) is 15.6. The number of hydrazine groups is 1. The molecule has 3 N–H and O–H groups in total. The van der Waals surface area contributed by atoms with Gasteiger partial charge in [-0.15, -0.1) is 0 Å². The monoisotopic (exact) mass is 312 g/mol. The van der Waals surface area contributed by atoms with E-state index in [2.05, 4.69) is 10.5 Å². The number of hydrogen-bond acceptors (Lipinski definition) is 4. The molecular formula is C16H16N4OS. The van der Waals surface area contributed by atoms with Crippen LogP contribution in [0.4, 0.5) is 0 Å². The molecule has 0 radical (unpaired) electrons. The van der Waals surface area contributed by atoms with Crippen molar-refractivity contribution in [3.8, 4) is 0 Å². The predicted octanol–water partition coefficient (Wildman–Crippen LogP) is 1.95. The normalized spacial score (nSPS) is 21.3. The van der Waals surface area contributed by atoms with Gasteiger partial charge >= 0.3 is 0 Å². The van der Waals surface area contributed by atoms with E-state index in [4.69, 9.17) is 22.8 Å². The average Bonchev–Trinajstić information content (AvgIpc) is 2.59. The fraction of sp³-hybridized carbons (Fsp3) is 0.125. The summed E-state index contributed by atoms with van der Waals surface area (Å²) in [5.74, 6) is 6.25. The van der Waals surface area contributed by atoms with Crippen molar-refractivity contribution in [3.63, 3.8) is 0 Å². The minimum Gasteiger partial charge on any atom is -0.348 e. The molecule has 3 rings (SSSR count). The molecule has 5 nitrogen and oxygen atoms in total. The summed E-state index contributed by atoms with van der Waals surface area (Å²) in [5, 5.41) is 6.10. The van der Waals surface area contributed by atoms with Crippen molar-refractivity contribution in [1.29, 1.82) is 0 Å². The fourth-order valence-electron chi connectivity index (χ4n) is 2.60. The smallest absolute Gasteiger partial charge is 0.228 e. The second-order valence-corrected chi connectivity index (χ2v) is 5.21. The molecule has 0 bridgehead atoms. The molecule has 0 saturated heterocycles. The van der Waals surface area contributed by atoms with Crippen LogP contribution in [0.1, 0.15) is 11.1 Å². The van der Waals surface area contributed by atoms with Crippen molar-refractivity contribution in [2.75, 3.05) is 7.11 Å². The number of hydrogen-bond donors (Lipinski definition) is 2. The molecule has 2 aromatic carbocycles. The number of methoxy groups -OCH3 is 1. The topological polar surface area (TPSA) is 62.9 Å². The highest BCUT2D eigenvalue weighted by atomic mass is 32.1. The molecule has 0 aromatic heterocycles. The van der Waals surface area contributed by atoms with Crippen molar-refractivity contribution < 1.29 is 4.74 Å². The Morgan fingerprint density at radius 1 is 1.09 bits per heavy atom. The summed E-state index contributed by atoms with van der Waals surface area (Å²) < 4.78 is 5.86. The molecule has 0 spiro atoms. The number of nitrogens with two attached hydrogens (primary N) is 1. The summed E-state index contributed by atoms with van der Waals surface area (Å²) in [6.07, 6.45) is 0. The molecule has 0 saturated carbocycles. The summed E-state index contributed by atoms with van der Waals surface area (Å²) in [5.41, 5.74) is 4.11. The number of benzene rings is 2. The summed E-state index contributed by atoms with van der Waals surface area (Å²) in [6.45, 7) is 0. The van der Waals surface area contributed by atoms with Crippen LogP contribution >= 0.6 is 12.2 Å². The first kappa shape index (κ1) is 14.6. The van der Waals surface area contributed by atoms with Crippen LogP contribution in [0, 0.1) is 0 Å². The van der Waals surface area contributed by atoms with E-state index in [0.29, 0.717) is 10.8 Å². The molecule has 6 heteroatoms. The maximum Gasteiger partial charge on any atom is 0.228 e. The zero-order valence-electron chi connectivity index (χ0n) is 12.1. The lowest BCUT2D eigenvalue weighted by atomic mass is 9.91. The fourth-order valence-corrected chi connectivity index (χ4v) is 2.77. The maximum absolute atomic E-state index is 6.25. The Bertz CT molecular complexity index is 705. The maximum atomic E-state index is 6.25. The molecule has 112 valence electrons. The molecule has 0 fully saturated rings. The lowest BCUT2D eigenvalue weighted by molar-refractivity contribution is -0.0555. The van der Waals surface area contributed by atoms with Gasteiger partial charge in [-0.3, -0.25) is 5.43 Å². The van der Waals surface area contributed by atoms with E-state index in [1.165, 1.54) is 5.01 Å². The van der Waals surface area contributed by atoms with Crippen molar-refractivity contribution in [2.45, 2.75) is 5.72 Å². The molecule has 0 amide bonds. The highest BCUT2D eigenvalue weighted by Gasteiger charge is 2.47. The molecule has 0 unspecified atom stereocenters. The minimum atomic E-state index is -1.08. The van der Waals surface area contributed by atoms with Crippen molar-refractivity contribution in [2.24, 2.45) is 10.9 Å². The Morgan fingerprint density at radius 2 is 1.68 bits per heavy atom. The van der Waals surface area contributed by atoms with Crippen LogP contribution in [0.25, 0.3) is 0 Å². The Balaban J connectivity index is 2.24. The molecule has 0 aliphatic carbocycles. The second-order valence-electron chi connectivity index (χ2n) is 4.83. The van der Waals surface area contributed by atoms with E-state index < -0.39 is 5.72 Å². The van der Waals surface area contributed by atoms with Gasteiger partial charge in [0.25, 0.3) is 0 Å². The SMILES string of the molecule is CO[C@]1(c2ccccc2)C(c2ccccc2)=NNC(=S)N1N. The molecule has 2 aromatic rings. The van der Waals surface area contributed by atoms with Crippen LogP contribution in [-0.2, 0) is 10.5 Å². The van der Waals surface area contributed by atoms with Crippen molar-refractivity contribution in [1.82, 2.24) is 10.4 Å². The molecular weight excluding hydrogens is 296 g/mol. The Labute approximate surface area is 134 Å². The van der Waals surface area contributed by atoms with Crippen LogP contribution in [-0.4, -0.2) is 22.9 Å². The standard InChI is InChI=1S/C16H16N4OS/c1-21-16(13-10-6-3-7-11-13)14(12-8-4-2-5-9-12)18-19-15(22)20(16)17/h2-11H,17H2,1H3,(H,19,22)/t16-/m1/s1. The number of nitrogens with zero attached hydrogens (tertiary/aromatic N) is 2. The lowest BCUT2D eigenvalue weighted by Crippen LogP contribution is -2.64. The van der Waals surface area contributed by atoms with Gasteiger partial charge in [0.1, 0.15) is 5.71 Å². The lowest BCUT2D eigenvalue weighted by Gasteiger charge is -2.44. The van der Waals surface area contributed by atoms with Crippen LogP contribution in [0.2, 0.25) is 0 Å². The van der Waals surface area contributed by atoms with E-state index in [-0.39, 0.29) is 0 Å². The molecule has 1 atom stereocenters. The van der Waals surface area contributed by atoms with Gasteiger partial charge in [0.05, 0.1) is 0 Å². The zero-order valence-corrected chi connectivity index (χ0v) is 12.9. The van der Waals surface area contributed by atoms with Crippen LogP contribution in [0.3, 0.4) is 0 Å². The molecule has 1 heterocycles. The first-order valence-electron chi connectivity index (χ1n) is 6.79. The Kier molecular flexibility index (Phi) is 3.89. The van der Waals surface area contributed by atoms with Gasteiger partial charge in [0.2, 0.25) is 10.8 Å². The van der Waals surface area contributed by atoms with Gasteiger partial charge in [-0.25, -0.2) is 10.9 Å². The largest absolute Gasteiger partial charge is 0.348 e. The van der Waals surface area contributed by atoms with Crippen LogP contribution in [0.5, 0.6) is 0 Å². The van der Waals surface area contributed by atoms with Gasteiger partial charge < -0.3 is 4.74 Å². The number of rotatable bonds is 3. The van der Waals surface area contributed by atoms with Crippen LogP contribution in [0.15, 0.2) is 65.8 Å². The summed E-state index contributed by atoms with van der Waals surface area (Å²) >= 11 is 5.25. The highest BCUT2D eigenvalue weighted by Crippen LogP contribution is 2.34. The Morgan fingerprint density at radius 3 is 2.27 bits per heavy atom. The van der Waals surface area contributed by atoms with Gasteiger partial charge in [0.15, 0.2) is 0 Å². The highest BCUT2D eigenvalue weighted by molar-refractivity contribution is 7.80. The van der Waals surface area contributed by atoms with Gasteiger partial charge in [-0.2, -0.15) is 5.10 Å². The van der Waals surface area contributed by atoms with Crippen molar-refractivity contribution >= 4 is 23.0 Å². The number of hydrazone groups is 1. The first-order chi connectivity index (χ1) is 10.7. The van der Waals surface area contributed by atoms with E-state index in [1.807, 2.05) is 60.7 Å². The quantitative estimate of drug-likeness (QED) is 0.670. The van der Waals surface area contributed by atoms with Gasteiger partial charge in [-0.05, 0) is 12.2 Å². The van der Waals surface area contributed by atoms with E-state index in [9.17, 15) is 0 Å². The number of nitrogens with one attached hydrogen (secondary N) is 1. The Hall–Kier alpha value is -2.28. The summed E-state index contributed by atoms with van der Waals surface area (Å²) in [6, 6.07) is 19.4. The minimum absolute atomic E-state index is 0.297. The summed E-state index contributed by atoms with van der Waals surface area (Å²) in [7, 11) is 1.60. The van der Waals surface area contributed by atoms with E-state index >= 15 is 0 Å². The van der Waals surface area contributed by atoms with Gasteiger partial charge in [0, 0.05) is 18.2 Å². The molecule has 1 aliphatic rings. The van der Waals surface area contributed by atoms with E-state index in [1.54, 1.807) is 7.11 Å². The first-order valence-corrected chi connectivity index (χ1v) is 7.20. The van der Waals surface area contributed by atoms with Crippen LogP contribution < -0.4 is 11.3 Å². The van der Waals surface area contributed by atoms with E-state index in [0.717, 1.165) is 11.1 Å². The third kappa shape index (κ3) is 2.18. The predicted molar refractivity (Wildman–Crippen MR) is 89.9 cm³/mol. The molecule has 22 heavy (non-hydrogen) atoms. The number of thiocarbonyl (C=S) groups is 1. The molecule has 1 aliphatic heterocycles. The third-order valence-corrected chi connectivity index (χ3v) is 3.94. The second kappa shape index (κ2) is 5.84.